The average Bonchev–Trinajstić information content (AvgIpc) is 2.65. The van der Waals surface area contributed by atoms with Crippen LogP contribution >= 0.6 is 11.6 Å². The van der Waals surface area contributed by atoms with E-state index in [2.05, 4.69) is 4.98 Å². The number of rotatable bonds is 4. The number of pyridine rings is 1. The molecule has 0 aliphatic carbocycles. The standard InChI is InChI=1S/C19H20ClFN2O3/c1-4-11-5-6-12(15(21)9-11)14-10-17(20)22-18-13(14)7-8-16(26-18)19(24)23(2)25-3/h5-6,9-10,16H,4,7-8H2,1-3H3. The summed E-state index contributed by atoms with van der Waals surface area (Å²) in [7, 11) is 2.92. The van der Waals surface area contributed by atoms with Crippen LogP contribution < -0.4 is 4.74 Å². The molecule has 0 radical (unpaired) electrons. The van der Waals surface area contributed by atoms with E-state index in [0.29, 0.717) is 24.0 Å². The van der Waals surface area contributed by atoms with Crippen LogP contribution in [0.5, 0.6) is 5.88 Å². The first-order valence-electron chi connectivity index (χ1n) is 8.41. The second-order valence-electron chi connectivity index (χ2n) is 6.11. The van der Waals surface area contributed by atoms with Gasteiger partial charge in [0.25, 0.3) is 5.91 Å². The first kappa shape index (κ1) is 18.6. The van der Waals surface area contributed by atoms with Crippen LogP contribution in [0.1, 0.15) is 24.5 Å². The summed E-state index contributed by atoms with van der Waals surface area (Å²) in [5.41, 5.74) is 2.77. The maximum absolute atomic E-state index is 14.6. The zero-order chi connectivity index (χ0) is 18.8. The highest BCUT2D eigenvalue weighted by molar-refractivity contribution is 6.29. The van der Waals surface area contributed by atoms with Crippen LogP contribution in [0.2, 0.25) is 5.15 Å². The van der Waals surface area contributed by atoms with Crippen molar-refractivity contribution in [3.8, 4) is 17.0 Å². The second kappa shape index (κ2) is 7.60. The Balaban J connectivity index is 1.99. The normalized spacial score (nSPS) is 16.0. The number of aromatic nitrogens is 1. The van der Waals surface area contributed by atoms with Crippen molar-refractivity contribution < 1.29 is 18.8 Å². The smallest absolute Gasteiger partial charge is 0.286 e. The van der Waals surface area contributed by atoms with Crippen molar-refractivity contribution in [1.29, 1.82) is 0 Å². The highest BCUT2D eigenvalue weighted by atomic mass is 35.5. The molecule has 1 aromatic heterocycles. The third-order valence-electron chi connectivity index (χ3n) is 4.56. The molecule has 1 unspecified atom stereocenters. The lowest BCUT2D eigenvalue weighted by Crippen LogP contribution is -2.41. The van der Waals surface area contributed by atoms with E-state index >= 15 is 0 Å². The summed E-state index contributed by atoms with van der Waals surface area (Å²) in [6, 6.07) is 6.80. The monoisotopic (exact) mass is 378 g/mol. The van der Waals surface area contributed by atoms with Crippen molar-refractivity contribution in [3.05, 3.63) is 46.4 Å². The lowest BCUT2D eigenvalue weighted by atomic mass is 9.94. The van der Waals surface area contributed by atoms with Crippen molar-refractivity contribution in [2.45, 2.75) is 32.3 Å². The zero-order valence-corrected chi connectivity index (χ0v) is 15.6. The molecule has 2 heterocycles. The molecule has 0 fully saturated rings. The Morgan fingerprint density at radius 3 is 2.85 bits per heavy atom. The van der Waals surface area contributed by atoms with Crippen LogP contribution in [0.15, 0.2) is 24.3 Å². The van der Waals surface area contributed by atoms with Crippen LogP contribution in [-0.2, 0) is 22.5 Å². The molecule has 7 heteroatoms. The number of ether oxygens (including phenoxy) is 1. The van der Waals surface area contributed by atoms with Crippen LogP contribution in [0, 0.1) is 5.82 Å². The van der Waals surface area contributed by atoms with Gasteiger partial charge in [0, 0.05) is 18.2 Å². The third kappa shape index (κ3) is 3.52. The van der Waals surface area contributed by atoms with Crippen molar-refractivity contribution in [3.63, 3.8) is 0 Å². The maximum Gasteiger partial charge on any atom is 0.286 e. The summed E-state index contributed by atoms with van der Waals surface area (Å²) >= 11 is 6.13. The quantitative estimate of drug-likeness (QED) is 0.599. The minimum Gasteiger partial charge on any atom is -0.464 e. The van der Waals surface area contributed by atoms with Crippen molar-refractivity contribution in [1.82, 2.24) is 10.0 Å². The number of hydroxylamine groups is 2. The molecule has 0 N–H and O–H groups in total. The number of aryl methyl sites for hydroxylation is 1. The van der Waals surface area contributed by atoms with Crippen LogP contribution in [0.4, 0.5) is 4.39 Å². The minimum atomic E-state index is -0.710. The first-order valence-corrected chi connectivity index (χ1v) is 8.79. The van der Waals surface area contributed by atoms with E-state index < -0.39 is 6.10 Å². The molecule has 1 atom stereocenters. The van der Waals surface area contributed by atoms with Gasteiger partial charge in [-0.05, 0) is 42.5 Å². The van der Waals surface area contributed by atoms with E-state index in [1.54, 1.807) is 12.1 Å². The van der Waals surface area contributed by atoms with Gasteiger partial charge in [0.15, 0.2) is 6.10 Å². The molecule has 0 saturated carbocycles. The zero-order valence-electron chi connectivity index (χ0n) is 14.9. The number of nitrogens with zero attached hydrogens (tertiary/aromatic N) is 2. The predicted molar refractivity (Wildman–Crippen MR) is 96.5 cm³/mol. The van der Waals surface area contributed by atoms with Gasteiger partial charge < -0.3 is 4.74 Å². The number of halogens is 2. The first-order chi connectivity index (χ1) is 12.4. The fraction of sp³-hybridized carbons (Fsp3) is 0.368. The minimum absolute atomic E-state index is 0.186. The summed E-state index contributed by atoms with van der Waals surface area (Å²) in [6.45, 7) is 1.97. The summed E-state index contributed by atoms with van der Waals surface area (Å²) in [6.07, 6.45) is 1.02. The van der Waals surface area contributed by atoms with Crippen molar-refractivity contribution in [2.75, 3.05) is 14.2 Å². The highest BCUT2D eigenvalue weighted by Gasteiger charge is 2.31. The molecule has 1 aliphatic heterocycles. The number of hydrogen-bond donors (Lipinski definition) is 0. The molecule has 3 rings (SSSR count). The van der Waals surface area contributed by atoms with E-state index in [0.717, 1.165) is 22.6 Å². The molecule has 1 amide bonds. The van der Waals surface area contributed by atoms with E-state index in [4.69, 9.17) is 21.2 Å². The number of carbonyl (C=O) groups excluding carboxylic acids is 1. The van der Waals surface area contributed by atoms with E-state index in [1.807, 2.05) is 13.0 Å². The average molecular weight is 379 g/mol. The second-order valence-corrected chi connectivity index (χ2v) is 6.49. The Morgan fingerprint density at radius 1 is 1.42 bits per heavy atom. The fourth-order valence-corrected chi connectivity index (χ4v) is 3.22. The van der Waals surface area contributed by atoms with Crippen LogP contribution in [0.3, 0.4) is 0 Å². The van der Waals surface area contributed by atoms with Gasteiger partial charge in [-0.2, -0.15) is 0 Å². The Kier molecular flexibility index (Phi) is 5.44. The van der Waals surface area contributed by atoms with E-state index in [1.165, 1.54) is 20.2 Å². The topological polar surface area (TPSA) is 51.7 Å². The highest BCUT2D eigenvalue weighted by Crippen LogP contribution is 2.37. The van der Waals surface area contributed by atoms with Gasteiger partial charge in [-0.25, -0.2) is 14.4 Å². The number of benzene rings is 1. The summed E-state index contributed by atoms with van der Waals surface area (Å²) < 4.78 is 20.4. The SMILES string of the molecule is CCc1ccc(-c2cc(Cl)nc3c2CCC(C(=O)N(C)OC)O3)c(F)c1. The predicted octanol–water partition coefficient (Wildman–Crippen LogP) is 3.82. The molecular formula is C19H20ClFN2O3. The third-order valence-corrected chi connectivity index (χ3v) is 4.75. The van der Waals surface area contributed by atoms with E-state index in [9.17, 15) is 9.18 Å². The molecule has 0 spiro atoms. The number of fused-ring (bicyclic) bond motifs is 1. The van der Waals surface area contributed by atoms with Gasteiger partial charge in [-0.3, -0.25) is 9.63 Å². The van der Waals surface area contributed by atoms with Gasteiger partial charge in [-0.1, -0.05) is 30.7 Å². The molecule has 0 bridgehead atoms. The number of amides is 1. The van der Waals surface area contributed by atoms with E-state index in [-0.39, 0.29) is 22.8 Å². The molecule has 1 aliphatic rings. The molecule has 1 aromatic carbocycles. The van der Waals surface area contributed by atoms with Gasteiger partial charge in [0.1, 0.15) is 11.0 Å². The number of hydrogen-bond acceptors (Lipinski definition) is 4. The van der Waals surface area contributed by atoms with Crippen molar-refractivity contribution >= 4 is 17.5 Å². The summed E-state index contributed by atoms with van der Waals surface area (Å²) in [4.78, 5) is 21.4. The van der Waals surface area contributed by atoms with Gasteiger partial charge >= 0.3 is 0 Å². The number of likely N-dealkylation sites (N-methyl/N-ethyl adjacent to an activating group) is 1. The Labute approximate surface area is 156 Å². The summed E-state index contributed by atoms with van der Waals surface area (Å²) in [5.74, 6) is -0.355. The van der Waals surface area contributed by atoms with Gasteiger partial charge in [0.2, 0.25) is 5.88 Å². The lowest BCUT2D eigenvalue weighted by molar-refractivity contribution is -0.177. The fourth-order valence-electron chi connectivity index (χ4n) is 3.03. The lowest BCUT2D eigenvalue weighted by Gasteiger charge is -2.28. The Hall–Kier alpha value is -2.18. The maximum atomic E-state index is 14.6. The largest absolute Gasteiger partial charge is 0.464 e. The van der Waals surface area contributed by atoms with Crippen molar-refractivity contribution in [2.24, 2.45) is 0 Å². The molecule has 0 saturated heterocycles. The molecule has 5 nitrogen and oxygen atoms in total. The Morgan fingerprint density at radius 2 is 2.19 bits per heavy atom. The Bertz CT molecular complexity index is 844. The summed E-state index contributed by atoms with van der Waals surface area (Å²) in [5, 5.41) is 1.30. The number of carbonyl (C=O) groups is 1. The molecule has 138 valence electrons. The molecule has 26 heavy (non-hydrogen) atoms. The molecular weight excluding hydrogens is 359 g/mol. The van der Waals surface area contributed by atoms with Crippen LogP contribution in [0.25, 0.3) is 11.1 Å². The van der Waals surface area contributed by atoms with Gasteiger partial charge in [-0.15, -0.1) is 0 Å². The molecule has 2 aromatic rings. The van der Waals surface area contributed by atoms with Gasteiger partial charge in [0.05, 0.1) is 7.11 Å². The van der Waals surface area contributed by atoms with Crippen LogP contribution in [-0.4, -0.2) is 36.2 Å².